The second-order valence-corrected chi connectivity index (χ2v) is 13.8. The Morgan fingerprint density at radius 3 is 0.963 bits per heavy atom. The van der Waals surface area contributed by atoms with Crippen LogP contribution in [0.15, 0.2) is 182 Å². The van der Waals surface area contributed by atoms with Gasteiger partial charge in [-0.1, -0.05) is 84.9 Å². The van der Waals surface area contributed by atoms with Crippen molar-refractivity contribution in [3.05, 3.63) is 182 Å². The number of anilines is 12. The maximum Gasteiger partial charge on any atom is 0.153 e. The Morgan fingerprint density at radius 1 is 0.241 bits per heavy atom. The fourth-order valence-electron chi connectivity index (χ4n) is 8.54. The van der Waals surface area contributed by atoms with Gasteiger partial charge in [0.05, 0.1) is 45.5 Å². The Labute approximate surface area is 312 Å². The normalized spacial score (nSPS) is 13.7. The monoisotopic (exact) mass is 694 g/mol. The maximum absolute atomic E-state index is 6.45. The van der Waals surface area contributed by atoms with Gasteiger partial charge in [0.25, 0.3) is 0 Å². The summed E-state index contributed by atoms with van der Waals surface area (Å²) >= 11 is 0. The number of para-hydroxylation sites is 10. The molecule has 0 saturated carbocycles. The quantitative estimate of drug-likeness (QED) is 0.183. The Bertz CT molecular complexity index is 2620. The third kappa shape index (κ3) is 4.05. The second-order valence-electron chi connectivity index (χ2n) is 13.8. The number of hydrogen-bond donors (Lipinski definition) is 0. The molecule has 6 heteroatoms. The van der Waals surface area contributed by atoms with E-state index in [0.29, 0.717) is 0 Å². The summed E-state index contributed by atoms with van der Waals surface area (Å²) in [5.41, 5.74) is 15.3. The summed E-state index contributed by atoms with van der Waals surface area (Å²) in [7, 11) is 0. The molecule has 0 aliphatic carbocycles. The fraction of sp³-hybridized carbons (Fsp3) is 0. The maximum atomic E-state index is 6.45. The summed E-state index contributed by atoms with van der Waals surface area (Å²) in [6, 6.07) is 64.1. The Balaban J connectivity index is 0.907. The van der Waals surface area contributed by atoms with Gasteiger partial charge in [0.15, 0.2) is 23.0 Å². The molecule has 0 amide bonds. The first-order valence-corrected chi connectivity index (χ1v) is 18.2. The lowest BCUT2D eigenvalue weighted by Crippen LogP contribution is -2.26. The van der Waals surface area contributed by atoms with Crippen LogP contribution in [-0.4, -0.2) is 0 Å². The van der Waals surface area contributed by atoms with Crippen molar-refractivity contribution >= 4 is 68.2 Å². The highest BCUT2D eigenvalue weighted by atomic mass is 16.5. The summed E-state index contributed by atoms with van der Waals surface area (Å²) in [6.45, 7) is 0. The van der Waals surface area contributed by atoms with Crippen LogP contribution in [0.1, 0.15) is 0 Å². The van der Waals surface area contributed by atoms with Crippen LogP contribution >= 0.6 is 0 Å². The van der Waals surface area contributed by atoms with Gasteiger partial charge < -0.3 is 19.3 Å². The summed E-state index contributed by atoms with van der Waals surface area (Å²) < 4.78 is 12.9. The molecule has 54 heavy (non-hydrogen) atoms. The lowest BCUT2D eigenvalue weighted by Gasteiger charge is -2.43. The zero-order valence-corrected chi connectivity index (χ0v) is 28.9. The Hall–Kier alpha value is -7.44. The van der Waals surface area contributed by atoms with Gasteiger partial charge in [-0.25, -0.2) is 0 Å². The third-order valence-electron chi connectivity index (χ3n) is 10.8. The van der Waals surface area contributed by atoms with Crippen molar-refractivity contribution in [3.63, 3.8) is 0 Å². The van der Waals surface area contributed by atoms with E-state index in [-0.39, 0.29) is 0 Å². The van der Waals surface area contributed by atoms with Crippen LogP contribution in [-0.2, 0) is 0 Å². The zero-order valence-electron chi connectivity index (χ0n) is 28.9. The van der Waals surface area contributed by atoms with Crippen LogP contribution in [0.5, 0.6) is 23.0 Å². The first kappa shape index (κ1) is 29.2. The topological polar surface area (TPSA) is 31.4 Å². The summed E-state index contributed by atoms with van der Waals surface area (Å²) in [5.74, 6) is 3.41. The van der Waals surface area contributed by atoms with Crippen molar-refractivity contribution in [1.29, 1.82) is 0 Å². The molecular weight excluding hydrogens is 665 g/mol. The molecule has 0 saturated heterocycles. The predicted molar refractivity (Wildman–Crippen MR) is 218 cm³/mol. The highest BCUT2D eigenvalue weighted by molar-refractivity contribution is 6.07. The van der Waals surface area contributed by atoms with Crippen LogP contribution in [0.3, 0.4) is 0 Å². The van der Waals surface area contributed by atoms with Gasteiger partial charge in [-0.3, -0.25) is 9.80 Å². The number of rotatable bonds is 3. The number of benzene rings is 8. The molecule has 0 bridgehead atoms. The average molecular weight is 695 g/mol. The molecule has 8 aromatic carbocycles. The summed E-state index contributed by atoms with van der Waals surface area (Å²) in [4.78, 5) is 9.35. The van der Waals surface area contributed by atoms with E-state index < -0.39 is 0 Å². The molecule has 4 aliphatic heterocycles. The highest BCUT2D eigenvalue weighted by Gasteiger charge is 2.38. The van der Waals surface area contributed by atoms with Crippen molar-refractivity contribution in [2.75, 3.05) is 19.6 Å². The van der Waals surface area contributed by atoms with Crippen LogP contribution in [0.25, 0.3) is 11.1 Å². The first-order chi connectivity index (χ1) is 26.8. The third-order valence-corrected chi connectivity index (χ3v) is 10.8. The number of fused-ring (bicyclic) bond motifs is 8. The molecule has 254 valence electrons. The number of ether oxygens (including phenoxy) is 2. The van der Waals surface area contributed by atoms with Crippen LogP contribution < -0.4 is 29.1 Å². The molecule has 6 nitrogen and oxygen atoms in total. The molecule has 0 aromatic heterocycles. The average Bonchev–Trinajstić information content (AvgIpc) is 3.24. The van der Waals surface area contributed by atoms with E-state index >= 15 is 0 Å². The lowest BCUT2D eigenvalue weighted by atomic mass is 10.00. The van der Waals surface area contributed by atoms with Gasteiger partial charge in [-0.15, -0.1) is 0 Å². The minimum atomic E-state index is 0.847. The van der Waals surface area contributed by atoms with E-state index in [4.69, 9.17) is 9.47 Å². The van der Waals surface area contributed by atoms with Crippen LogP contribution in [0, 0.1) is 0 Å². The van der Waals surface area contributed by atoms with Gasteiger partial charge in [-0.05, 0) is 108 Å². The zero-order chi connectivity index (χ0) is 35.3. The van der Waals surface area contributed by atoms with E-state index in [1.54, 1.807) is 0 Å². The standard InChI is InChI=1S/C48H30N4O2/c1-3-13-37-35(11-1)49(41-17-9-21-45-47(41)51(37)39-15-5-7-19-43(39)53-45)33-27-23-31(24-28-33)32-25-29-34(30-26-32)50-36-12-2-4-14-38(36)52-40-16-6-8-20-44(40)54-46-22-10-18-42(50)48(46)52/h1-30H. The Kier molecular flexibility index (Phi) is 5.96. The number of hydrogen-bond acceptors (Lipinski definition) is 6. The predicted octanol–water partition coefficient (Wildman–Crippen LogP) is 14.1. The molecule has 12 rings (SSSR count). The highest BCUT2D eigenvalue weighted by Crippen LogP contribution is 2.63. The summed E-state index contributed by atoms with van der Waals surface area (Å²) in [6.07, 6.45) is 0. The van der Waals surface area contributed by atoms with Crippen molar-refractivity contribution < 1.29 is 9.47 Å². The van der Waals surface area contributed by atoms with Gasteiger partial charge >= 0.3 is 0 Å². The van der Waals surface area contributed by atoms with Gasteiger partial charge in [0.2, 0.25) is 0 Å². The van der Waals surface area contributed by atoms with Gasteiger partial charge in [0.1, 0.15) is 11.4 Å². The lowest BCUT2D eigenvalue weighted by molar-refractivity contribution is 0.476. The van der Waals surface area contributed by atoms with Crippen molar-refractivity contribution in [2.24, 2.45) is 0 Å². The van der Waals surface area contributed by atoms with Crippen LogP contribution in [0.4, 0.5) is 68.2 Å². The molecule has 0 N–H and O–H groups in total. The summed E-state index contributed by atoms with van der Waals surface area (Å²) in [5, 5.41) is 0. The van der Waals surface area contributed by atoms with E-state index in [0.717, 1.165) is 102 Å². The largest absolute Gasteiger partial charge is 0.453 e. The fourth-order valence-corrected chi connectivity index (χ4v) is 8.54. The van der Waals surface area contributed by atoms with Crippen molar-refractivity contribution in [1.82, 2.24) is 0 Å². The molecular formula is C48H30N4O2. The molecule has 0 unspecified atom stereocenters. The molecule has 0 radical (unpaired) electrons. The smallest absolute Gasteiger partial charge is 0.153 e. The second kappa shape index (κ2) is 11.0. The van der Waals surface area contributed by atoms with Gasteiger partial charge in [0, 0.05) is 11.4 Å². The van der Waals surface area contributed by atoms with Crippen LogP contribution in [0.2, 0.25) is 0 Å². The van der Waals surface area contributed by atoms with E-state index in [1.165, 1.54) is 0 Å². The van der Waals surface area contributed by atoms with E-state index in [2.05, 4.69) is 177 Å². The molecule has 4 heterocycles. The first-order valence-electron chi connectivity index (χ1n) is 18.2. The minimum Gasteiger partial charge on any atom is -0.453 e. The van der Waals surface area contributed by atoms with Crippen molar-refractivity contribution in [3.8, 4) is 34.1 Å². The minimum absolute atomic E-state index is 0.847. The van der Waals surface area contributed by atoms with Gasteiger partial charge in [-0.2, -0.15) is 0 Å². The van der Waals surface area contributed by atoms with E-state index in [1.807, 2.05) is 24.3 Å². The van der Waals surface area contributed by atoms with Crippen molar-refractivity contribution in [2.45, 2.75) is 0 Å². The molecule has 8 aromatic rings. The SMILES string of the molecule is c1ccc2c(c1)Oc1cccc3c1N2c1ccccc1N3c1ccc(-c2ccc(N3c4ccccc4N4c5ccccc5Oc5cccc3c54)cc2)cc1. The molecule has 0 spiro atoms. The molecule has 0 fully saturated rings. The molecule has 4 aliphatic rings. The molecule has 0 atom stereocenters. The van der Waals surface area contributed by atoms with E-state index in [9.17, 15) is 0 Å². The number of nitrogens with zero attached hydrogens (tertiary/aromatic N) is 4. The Morgan fingerprint density at radius 2 is 0.556 bits per heavy atom.